The second kappa shape index (κ2) is 5.72. The maximum atomic E-state index is 13.2. The van der Waals surface area contributed by atoms with Crippen molar-refractivity contribution in [3.05, 3.63) is 54.3 Å². The SMILES string of the molecule is CN1C(=O)C(C(=O)Nc2cccc(F)c2)S(=O)(=O)c2ccccc21. The molecule has 1 heterocycles. The van der Waals surface area contributed by atoms with E-state index in [1.54, 1.807) is 6.07 Å². The third-order valence-electron chi connectivity index (χ3n) is 3.73. The molecule has 0 aromatic heterocycles. The predicted molar refractivity (Wildman–Crippen MR) is 85.9 cm³/mol. The van der Waals surface area contributed by atoms with Gasteiger partial charge in [0, 0.05) is 12.7 Å². The highest BCUT2D eigenvalue weighted by Gasteiger charge is 2.47. The van der Waals surface area contributed by atoms with Crippen LogP contribution in [-0.4, -0.2) is 32.5 Å². The fourth-order valence-corrected chi connectivity index (χ4v) is 4.34. The molecule has 1 unspecified atom stereocenters. The van der Waals surface area contributed by atoms with Gasteiger partial charge in [0.05, 0.1) is 10.6 Å². The lowest BCUT2D eigenvalue weighted by Crippen LogP contribution is -2.51. The minimum Gasteiger partial charge on any atom is -0.324 e. The van der Waals surface area contributed by atoms with Gasteiger partial charge in [-0.2, -0.15) is 0 Å². The monoisotopic (exact) mass is 348 g/mol. The number of fused-ring (bicyclic) bond motifs is 1. The summed E-state index contributed by atoms with van der Waals surface area (Å²) >= 11 is 0. The molecule has 0 saturated heterocycles. The molecule has 0 bridgehead atoms. The molecule has 0 fully saturated rings. The van der Waals surface area contributed by atoms with E-state index in [1.165, 1.54) is 43.4 Å². The van der Waals surface area contributed by atoms with Crippen molar-refractivity contribution < 1.29 is 22.4 Å². The number of nitrogens with one attached hydrogen (secondary N) is 1. The first-order valence-corrected chi connectivity index (χ1v) is 8.54. The molecule has 2 aromatic carbocycles. The number of carbonyl (C=O) groups excluding carboxylic acids is 2. The van der Waals surface area contributed by atoms with Crippen LogP contribution in [0.5, 0.6) is 0 Å². The Morgan fingerprint density at radius 1 is 1.17 bits per heavy atom. The zero-order valence-corrected chi connectivity index (χ0v) is 13.4. The van der Waals surface area contributed by atoms with Gasteiger partial charge in [-0.1, -0.05) is 18.2 Å². The molecule has 8 heteroatoms. The molecule has 1 atom stereocenters. The fraction of sp³-hybridized carbons (Fsp3) is 0.125. The van der Waals surface area contributed by atoms with Crippen molar-refractivity contribution in [1.82, 2.24) is 0 Å². The average Bonchev–Trinajstić information content (AvgIpc) is 2.53. The molecule has 2 amide bonds. The van der Waals surface area contributed by atoms with Crippen LogP contribution in [0.25, 0.3) is 0 Å². The molecule has 24 heavy (non-hydrogen) atoms. The largest absolute Gasteiger partial charge is 0.324 e. The summed E-state index contributed by atoms with van der Waals surface area (Å²) in [6, 6.07) is 10.9. The number of carbonyl (C=O) groups is 2. The average molecular weight is 348 g/mol. The Morgan fingerprint density at radius 3 is 2.58 bits per heavy atom. The lowest BCUT2D eigenvalue weighted by atomic mass is 10.2. The molecule has 0 saturated carbocycles. The molecule has 0 radical (unpaired) electrons. The first-order valence-electron chi connectivity index (χ1n) is 6.99. The van der Waals surface area contributed by atoms with Gasteiger partial charge in [0.2, 0.25) is 15.1 Å². The van der Waals surface area contributed by atoms with Crippen LogP contribution >= 0.6 is 0 Å². The zero-order chi connectivity index (χ0) is 17.5. The summed E-state index contributed by atoms with van der Waals surface area (Å²) in [6.45, 7) is 0. The number of hydrogen-bond donors (Lipinski definition) is 1. The fourth-order valence-electron chi connectivity index (χ4n) is 2.56. The van der Waals surface area contributed by atoms with E-state index in [-0.39, 0.29) is 16.3 Å². The van der Waals surface area contributed by atoms with Gasteiger partial charge in [0.25, 0.3) is 11.8 Å². The molecular weight excluding hydrogens is 335 g/mol. The minimum absolute atomic E-state index is 0.0736. The van der Waals surface area contributed by atoms with Gasteiger partial charge in [-0.15, -0.1) is 0 Å². The number of amides is 2. The Morgan fingerprint density at radius 2 is 1.88 bits per heavy atom. The first-order chi connectivity index (χ1) is 11.3. The lowest BCUT2D eigenvalue weighted by molar-refractivity contribution is -0.124. The van der Waals surface area contributed by atoms with Crippen LogP contribution in [0.3, 0.4) is 0 Å². The number of sulfone groups is 1. The number of benzene rings is 2. The van der Waals surface area contributed by atoms with Crippen molar-refractivity contribution in [3.63, 3.8) is 0 Å². The van der Waals surface area contributed by atoms with Crippen LogP contribution in [-0.2, 0) is 19.4 Å². The maximum absolute atomic E-state index is 13.2. The van der Waals surface area contributed by atoms with E-state index in [0.29, 0.717) is 0 Å². The summed E-state index contributed by atoms with van der Waals surface area (Å²) in [4.78, 5) is 25.9. The summed E-state index contributed by atoms with van der Waals surface area (Å²) in [5.41, 5.74) is 0.293. The van der Waals surface area contributed by atoms with E-state index in [9.17, 15) is 22.4 Å². The summed E-state index contributed by atoms with van der Waals surface area (Å²) in [5, 5.41) is 0.368. The molecule has 2 aromatic rings. The molecule has 124 valence electrons. The standard InChI is InChI=1S/C16H13FN2O4S/c1-19-12-7-2-3-8-13(12)24(22,23)14(16(19)21)15(20)18-11-6-4-5-10(17)9-11/h2-9,14H,1H3,(H,18,20). The molecule has 1 aliphatic heterocycles. The number of anilines is 2. The molecule has 1 aliphatic rings. The summed E-state index contributed by atoms with van der Waals surface area (Å²) in [7, 11) is -2.79. The number of nitrogens with zero attached hydrogens (tertiary/aromatic N) is 1. The van der Waals surface area contributed by atoms with Gasteiger partial charge in [-0.05, 0) is 30.3 Å². The third-order valence-corrected chi connectivity index (χ3v) is 5.72. The van der Waals surface area contributed by atoms with E-state index in [4.69, 9.17) is 0 Å². The maximum Gasteiger partial charge on any atom is 0.255 e. The van der Waals surface area contributed by atoms with Crippen molar-refractivity contribution in [1.29, 1.82) is 0 Å². The number of hydrogen-bond acceptors (Lipinski definition) is 4. The third kappa shape index (κ3) is 2.54. The Hall–Kier alpha value is -2.74. The van der Waals surface area contributed by atoms with Crippen molar-refractivity contribution in [2.24, 2.45) is 0 Å². The van der Waals surface area contributed by atoms with E-state index >= 15 is 0 Å². The topological polar surface area (TPSA) is 83.6 Å². The van der Waals surface area contributed by atoms with Crippen LogP contribution < -0.4 is 10.2 Å². The van der Waals surface area contributed by atoms with Crippen LogP contribution in [0.15, 0.2) is 53.4 Å². The van der Waals surface area contributed by atoms with Gasteiger partial charge in [-0.25, -0.2) is 12.8 Å². The van der Waals surface area contributed by atoms with Crippen LogP contribution in [0.4, 0.5) is 15.8 Å². The van der Waals surface area contributed by atoms with Crippen LogP contribution in [0, 0.1) is 5.82 Å². The van der Waals surface area contributed by atoms with E-state index in [0.717, 1.165) is 11.0 Å². The number of para-hydroxylation sites is 1. The molecule has 6 nitrogen and oxygen atoms in total. The van der Waals surface area contributed by atoms with Gasteiger partial charge in [-0.3, -0.25) is 9.59 Å². The molecule has 1 N–H and O–H groups in total. The second-order valence-electron chi connectivity index (χ2n) is 5.29. The summed E-state index contributed by atoms with van der Waals surface area (Å²) < 4.78 is 38.6. The second-order valence-corrected chi connectivity index (χ2v) is 7.29. The minimum atomic E-state index is -4.19. The first kappa shape index (κ1) is 16.1. The predicted octanol–water partition coefficient (Wildman–Crippen LogP) is 1.58. The van der Waals surface area contributed by atoms with Gasteiger partial charge < -0.3 is 10.2 Å². The normalized spacial score (nSPS) is 18.8. The zero-order valence-electron chi connectivity index (χ0n) is 12.6. The molecule has 0 aliphatic carbocycles. The van der Waals surface area contributed by atoms with Crippen molar-refractivity contribution in [3.8, 4) is 0 Å². The van der Waals surface area contributed by atoms with Crippen LogP contribution in [0.2, 0.25) is 0 Å². The van der Waals surface area contributed by atoms with Crippen LogP contribution in [0.1, 0.15) is 0 Å². The van der Waals surface area contributed by atoms with Crippen molar-refractivity contribution in [2.45, 2.75) is 10.1 Å². The molecule has 3 rings (SSSR count). The van der Waals surface area contributed by atoms with Crippen molar-refractivity contribution >= 4 is 33.0 Å². The van der Waals surface area contributed by atoms with E-state index in [1.807, 2.05) is 0 Å². The smallest absolute Gasteiger partial charge is 0.255 e. The van der Waals surface area contributed by atoms with E-state index in [2.05, 4.69) is 5.32 Å². The molecular formula is C16H13FN2O4S. The highest BCUT2D eigenvalue weighted by atomic mass is 32.2. The van der Waals surface area contributed by atoms with E-state index < -0.39 is 32.7 Å². The Kier molecular flexibility index (Phi) is 3.84. The Balaban J connectivity index is 2.01. The Labute approximate surface area is 137 Å². The highest BCUT2D eigenvalue weighted by molar-refractivity contribution is 7.94. The number of rotatable bonds is 2. The number of halogens is 1. The van der Waals surface area contributed by atoms with Crippen molar-refractivity contribution in [2.75, 3.05) is 17.3 Å². The Bertz CT molecular complexity index is 943. The molecule has 0 spiro atoms. The van der Waals surface area contributed by atoms with Gasteiger partial charge >= 0.3 is 0 Å². The lowest BCUT2D eigenvalue weighted by Gasteiger charge is -2.30. The van der Waals surface area contributed by atoms with Gasteiger partial charge in [0.1, 0.15) is 5.82 Å². The van der Waals surface area contributed by atoms with Gasteiger partial charge in [0.15, 0.2) is 0 Å². The summed E-state index contributed by atoms with van der Waals surface area (Å²) in [5.74, 6) is -2.47. The summed E-state index contributed by atoms with van der Waals surface area (Å²) in [6.07, 6.45) is 0. The highest BCUT2D eigenvalue weighted by Crippen LogP contribution is 2.33. The quantitative estimate of drug-likeness (QED) is 0.836.